The van der Waals surface area contributed by atoms with Gasteiger partial charge in [0.1, 0.15) is 0 Å². The van der Waals surface area contributed by atoms with E-state index >= 15 is 0 Å². The molecule has 1 aliphatic rings. The van der Waals surface area contributed by atoms with Crippen LogP contribution in [0.1, 0.15) is 55.8 Å². The highest BCUT2D eigenvalue weighted by molar-refractivity contribution is 8.00. The van der Waals surface area contributed by atoms with Gasteiger partial charge in [0.05, 0.1) is 0 Å². The molecule has 0 aromatic heterocycles. The van der Waals surface area contributed by atoms with Gasteiger partial charge in [-0.05, 0) is 69.0 Å². The van der Waals surface area contributed by atoms with Gasteiger partial charge in [-0.25, -0.2) is 0 Å². The maximum Gasteiger partial charge on any atom is 0.0469 e. The van der Waals surface area contributed by atoms with E-state index in [2.05, 4.69) is 63.0 Å². The minimum atomic E-state index is 0.355. The number of benzene rings is 1. The van der Waals surface area contributed by atoms with Gasteiger partial charge in [-0.2, -0.15) is 11.8 Å². The number of thioether (sulfide) groups is 1. The summed E-state index contributed by atoms with van der Waals surface area (Å²) < 4.78 is 0.355. The van der Waals surface area contributed by atoms with Crippen molar-refractivity contribution in [2.45, 2.75) is 57.7 Å². The molecule has 1 N–H and O–H groups in total. The molecule has 0 aliphatic carbocycles. The summed E-state index contributed by atoms with van der Waals surface area (Å²) in [4.78, 5) is 0. The number of aryl methyl sites for hydroxylation is 1. The third-order valence-electron chi connectivity index (χ3n) is 4.42. The maximum absolute atomic E-state index is 3.82. The first-order chi connectivity index (χ1) is 9.08. The van der Waals surface area contributed by atoms with Crippen LogP contribution in [-0.4, -0.2) is 17.0 Å². The fraction of sp³-hybridized carbons (Fsp3) is 0.647. The highest BCUT2D eigenvalue weighted by Gasteiger charge is 2.38. The lowest BCUT2D eigenvalue weighted by Crippen LogP contribution is -2.38. The van der Waals surface area contributed by atoms with Gasteiger partial charge < -0.3 is 5.32 Å². The molecule has 0 bridgehead atoms. The standard InChI is InChI=1S/C17H27NS/c1-5-11-18-16(17(4)10-7-12-19-17)15-9-6-8-13(2)14(15)3/h6,8-9,16,18H,5,7,10-12H2,1-4H3. The summed E-state index contributed by atoms with van der Waals surface area (Å²) in [5.41, 5.74) is 4.38. The van der Waals surface area contributed by atoms with Crippen molar-refractivity contribution in [1.82, 2.24) is 5.32 Å². The number of hydrogen-bond acceptors (Lipinski definition) is 2. The largest absolute Gasteiger partial charge is 0.309 e. The second-order valence-corrected chi connectivity index (χ2v) is 7.57. The molecular formula is C17H27NS. The third-order valence-corrected chi connectivity index (χ3v) is 6.01. The van der Waals surface area contributed by atoms with Crippen molar-refractivity contribution in [2.75, 3.05) is 12.3 Å². The zero-order valence-electron chi connectivity index (χ0n) is 12.8. The molecule has 0 amide bonds. The molecule has 19 heavy (non-hydrogen) atoms. The van der Waals surface area contributed by atoms with Gasteiger partial charge in [0.25, 0.3) is 0 Å². The van der Waals surface area contributed by atoms with Crippen LogP contribution >= 0.6 is 11.8 Å². The topological polar surface area (TPSA) is 12.0 Å². The molecule has 0 radical (unpaired) electrons. The lowest BCUT2D eigenvalue weighted by atomic mass is 9.86. The molecule has 2 rings (SSSR count). The molecule has 1 aromatic carbocycles. The van der Waals surface area contributed by atoms with E-state index in [1.807, 2.05) is 0 Å². The first-order valence-corrected chi connectivity index (χ1v) is 8.50. The molecule has 1 saturated heterocycles. The van der Waals surface area contributed by atoms with Gasteiger partial charge in [-0.15, -0.1) is 0 Å². The first-order valence-electron chi connectivity index (χ1n) is 7.52. The number of rotatable bonds is 5. The van der Waals surface area contributed by atoms with Crippen molar-refractivity contribution < 1.29 is 0 Å². The Bertz CT molecular complexity index is 421. The third kappa shape index (κ3) is 3.17. The van der Waals surface area contributed by atoms with Crippen LogP contribution in [0.2, 0.25) is 0 Å². The molecule has 2 heteroatoms. The maximum atomic E-state index is 3.82. The van der Waals surface area contributed by atoms with Crippen LogP contribution in [-0.2, 0) is 0 Å². The van der Waals surface area contributed by atoms with Crippen LogP contribution < -0.4 is 5.32 Å². The number of hydrogen-bond donors (Lipinski definition) is 1. The molecule has 2 unspecified atom stereocenters. The minimum absolute atomic E-state index is 0.355. The van der Waals surface area contributed by atoms with Crippen LogP contribution in [0.25, 0.3) is 0 Å². The Morgan fingerprint density at radius 1 is 1.37 bits per heavy atom. The van der Waals surface area contributed by atoms with E-state index in [4.69, 9.17) is 0 Å². The van der Waals surface area contributed by atoms with Gasteiger partial charge in [0.2, 0.25) is 0 Å². The minimum Gasteiger partial charge on any atom is -0.309 e. The smallest absolute Gasteiger partial charge is 0.0469 e. The Kier molecular flexibility index (Phi) is 4.97. The summed E-state index contributed by atoms with van der Waals surface area (Å²) in [7, 11) is 0. The summed E-state index contributed by atoms with van der Waals surface area (Å²) in [5.74, 6) is 1.31. The van der Waals surface area contributed by atoms with Crippen LogP contribution in [0.15, 0.2) is 18.2 Å². The molecule has 2 atom stereocenters. The number of nitrogens with one attached hydrogen (secondary N) is 1. The lowest BCUT2D eigenvalue weighted by Gasteiger charge is -2.36. The zero-order valence-corrected chi connectivity index (χ0v) is 13.6. The van der Waals surface area contributed by atoms with Crippen molar-refractivity contribution in [3.63, 3.8) is 0 Å². The Morgan fingerprint density at radius 2 is 2.16 bits per heavy atom. The Balaban J connectivity index is 2.34. The summed E-state index contributed by atoms with van der Waals surface area (Å²) in [6.45, 7) is 10.3. The van der Waals surface area contributed by atoms with Crippen molar-refractivity contribution in [2.24, 2.45) is 0 Å². The van der Waals surface area contributed by atoms with E-state index in [9.17, 15) is 0 Å². The van der Waals surface area contributed by atoms with Gasteiger partial charge in [-0.3, -0.25) is 0 Å². The van der Waals surface area contributed by atoms with Crippen molar-refractivity contribution in [3.05, 3.63) is 34.9 Å². The quantitative estimate of drug-likeness (QED) is 0.842. The fourth-order valence-electron chi connectivity index (χ4n) is 3.06. The van der Waals surface area contributed by atoms with Crippen molar-refractivity contribution >= 4 is 11.8 Å². The zero-order chi connectivity index (χ0) is 13.9. The second-order valence-electron chi connectivity index (χ2n) is 5.94. The molecule has 1 nitrogen and oxygen atoms in total. The van der Waals surface area contributed by atoms with E-state index < -0.39 is 0 Å². The Morgan fingerprint density at radius 3 is 2.79 bits per heavy atom. The lowest BCUT2D eigenvalue weighted by molar-refractivity contribution is 0.411. The highest BCUT2D eigenvalue weighted by Crippen LogP contribution is 2.47. The van der Waals surface area contributed by atoms with E-state index in [0.717, 1.165) is 6.54 Å². The van der Waals surface area contributed by atoms with Crippen LogP contribution in [0.3, 0.4) is 0 Å². The Labute approximate surface area is 122 Å². The van der Waals surface area contributed by atoms with Crippen LogP contribution in [0.4, 0.5) is 0 Å². The van der Waals surface area contributed by atoms with Crippen molar-refractivity contribution in [1.29, 1.82) is 0 Å². The van der Waals surface area contributed by atoms with Crippen LogP contribution in [0.5, 0.6) is 0 Å². The predicted molar refractivity (Wildman–Crippen MR) is 87.0 cm³/mol. The summed E-state index contributed by atoms with van der Waals surface area (Å²) >= 11 is 2.15. The second kappa shape index (κ2) is 6.32. The fourth-order valence-corrected chi connectivity index (χ4v) is 4.48. The normalized spacial score (nSPS) is 24.6. The van der Waals surface area contributed by atoms with Gasteiger partial charge >= 0.3 is 0 Å². The van der Waals surface area contributed by atoms with Crippen molar-refractivity contribution in [3.8, 4) is 0 Å². The molecule has 0 saturated carbocycles. The van der Waals surface area contributed by atoms with Gasteiger partial charge in [0, 0.05) is 10.8 Å². The first kappa shape index (κ1) is 14.9. The average molecular weight is 277 g/mol. The molecule has 1 aliphatic heterocycles. The SMILES string of the molecule is CCCNC(c1cccc(C)c1C)C1(C)CCCS1. The van der Waals surface area contributed by atoms with E-state index in [1.165, 1.54) is 41.7 Å². The molecule has 1 heterocycles. The molecule has 0 spiro atoms. The summed E-state index contributed by atoms with van der Waals surface area (Å²) in [6.07, 6.45) is 3.88. The Hall–Kier alpha value is -0.470. The van der Waals surface area contributed by atoms with Gasteiger partial charge in [0.15, 0.2) is 0 Å². The van der Waals surface area contributed by atoms with Gasteiger partial charge in [-0.1, -0.05) is 25.1 Å². The van der Waals surface area contributed by atoms with E-state index in [0.29, 0.717) is 10.8 Å². The average Bonchev–Trinajstić information content (AvgIpc) is 2.82. The predicted octanol–water partition coefficient (Wildman–Crippen LogP) is 4.63. The van der Waals surface area contributed by atoms with E-state index in [-0.39, 0.29) is 0 Å². The molecule has 1 fully saturated rings. The molecule has 106 valence electrons. The van der Waals surface area contributed by atoms with Crippen LogP contribution in [0, 0.1) is 13.8 Å². The van der Waals surface area contributed by atoms with E-state index in [1.54, 1.807) is 0 Å². The monoisotopic (exact) mass is 277 g/mol. The highest BCUT2D eigenvalue weighted by atomic mass is 32.2. The summed E-state index contributed by atoms with van der Waals surface area (Å²) in [6, 6.07) is 7.24. The molecule has 1 aromatic rings. The molecular weight excluding hydrogens is 250 g/mol. The summed E-state index contributed by atoms with van der Waals surface area (Å²) in [5, 5.41) is 3.82.